The number of nitrogens with zero attached hydrogens (tertiary/aromatic N) is 5. The third-order valence-electron chi connectivity index (χ3n) is 3.05. The highest BCUT2D eigenvalue weighted by Gasteiger charge is 2.15. The number of rotatable bonds is 4. The zero-order chi connectivity index (χ0) is 17.1. The monoisotopic (exact) mass is 360 g/mol. The van der Waals surface area contributed by atoms with Gasteiger partial charge in [0.25, 0.3) is 0 Å². The molecule has 0 unspecified atom stereocenters. The molecule has 24 heavy (non-hydrogen) atoms. The van der Waals surface area contributed by atoms with Crippen LogP contribution in [0.15, 0.2) is 40.5 Å². The minimum absolute atomic E-state index is 0.327. The highest BCUT2D eigenvalue weighted by Crippen LogP contribution is 2.22. The number of halogens is 1. The summed E-state index contributed by atoms with van der Waals surface area (Å²) in [6.07, 6.45) is 0. The van der Waals surface area contributed by atoms with E-state index in [0.717, 1.165) is 9.36 Å². The fourth-order valence-electron chi connectivity index (χ4n) is 1.94. The molecule has 0 saturated heterocycles. The molecule has 10 heteroatoms. The van der Waals surface area contributed by atoms with Gasteiger partial charge in [-0.1, -0.05) is 23.7 Å². The van der Waals surface area contributed by atoms with E-state index >= 15 is 0 Å². The van der Waals surface area contributed by atoms with E-state index in [2.05, 4.69) is 15.7 Å². The Morgan fingerprint density at radius 1 is 1.33 bits per heavy atom. The Kier molecular flexibility index (Phi) is 4.41. The summed E-state index contributed by atoms with van der Waals surface area (Å²) in [5, 5.41) is 21.4. The first-order chi connectivity index (χ1) is 11.6. The van der Waals surface area contributed by atoms with Gasteiger partial charge in [-0.2, -0.15) is 14.6 Å². The molecule has 0 spiro atoms. The van der Waals surface area contributed by atoms with Crippen molar-refractivity contribution in [2.75, 3.05) is 5.32 Å². The molecule has 2 aromatic heterocycles. The minimum atomic E-state index is -0.593. The van der Waals surface area contributed by atoms with Crippen LogP contribution in [0.1, 0.15) is 5.56 Å². The molecule has 0 atom stereocenters. The standard InChI is InChI=1S/C14H9ClN6O2S/c15-10-3-1-2-4-11(10)21-14(23)20(18-19-21)8-12(22)17-13-9(7-16)5-6-24-13/h1-6H,8H2,(H,17,22). The maximum absolute atomic E-state index is 12.3. The molecule has 0 saturated carbocycles. The summed E-state index contributed by atoms with van der Waals surface area (Å²) in [4.78, 5) is 24.3. The van der Waals surface area contributed by atoms with Crippen LogP contribution in [0.4, 0.5) is 5.00 Å². The molecule has 3 rings (SSSR count). The average molecular weight is 361 g/mol. The van der Waals surface area contributed by atoms with Crippen molar-refractivity contribution in [3.8, 4) is 11.8 Å². The smallest absolute Gasteiger partial charge is 0.315 e. The van der Waals surface area contributed by atoms with Crippen LogP contribution in [0.2, 0.25) is 5.02 Å². The van der Waals surface area contributed by atoms with Crippen LogP contribution in [0, 0.1) is 11.3 Å². The van der Waals surface area contributed by atoms with Gasteiger partial charge in [0.05, 0.1) is 16.3 Å². The van der Waals surface area contributed by atoms with E-state index in [4.69, 9.17) is 16.9 Å². The van der Waals surface area contributed by atoms with Crippen molar-refractivity contribution in [1.82, 2.24) is 19.8 Å². The number of nitrogens with one attached hydrogen (secondary N) is 1. The Morgan fingerprint density at radius 3 is 2.88 bits per heavy atom. The van der Waals surface area contributed by atoms with Gasteiger partial charge in [0, 0.05) is 0 Å². The van der Waals surface area contributed by atoms with Crippen molar-refractivity contribution in [3.05, 3.63) is 56.8 Å². The number of thiophene rings is 1. The van der Waals surface area contributed by atoms with Gasteiger partial charge in [-0.05, 0) is 34.0 Å². The van der Waals surface area contributed by atoms with Crippen molar-refractivity contribution in [2.24, 2.45) is 0 Å². The Morgan fingerprint density at radius 2 is 2.12 bits per heavy atom. The van der Waals surface area contributed by atoms with Gasteiger partial charge in [0.15, 0.2) is 0 Å². The molecule has 2 heterocycles. The van der Waals surface area contributed by atoms with Gasteiger partial charge >= 0.3 is 5.69 Å². The van der Waals surface area contributed by atoms with Crippen molar-refractivity contribution in [3.63, 3.8) is 0 Å². The van der Waals surface area contributed by atoms with Gasteiger partial charge in [-0.3, -0.25) is 4.79 Å². The number of carbonyl (C=O) groups is 1. The fourth-order valence-corrected chi connectivity index (χ4v) is 2.91. The molecule has 1 aromatic carbocycles. The summed E-state index contributed by atoms with van der Waals surface area (Å²) in [5.41, 5.74) is 0.145. The number of amides is 1. The van der Waals surface area contributed by atoms with E-state index in [-0.39, 0.29) is 6.54 Å². The van der Waals surface area contributed by atoms with Crippen LogP contribution in [-0.2, 0) is 11.3 Å². The number of tetrazole rings is 1. The van der Waals surface area contributed by atoms with Crippen LogP contribution in [-0.4, -0.2) is 25.7 Å². The molecule has 0 radical (unpaired) electrons. The molecule has 0 aliphatic rings. The van der Waals surface area contributed by atoms with Crippen molar-refractivity contribution in [1.29, 1.82) is 5.26 Å². The maximum Gasteiger partial charge on any atom is 0.369 e. The second-order valence-electron chi connectivity index (χ2n) is 4.61. The first-order valence-electron chi connectivity index (χ1n) is 6.65. The predicted molar refractivity (Wildman–Crippen MR) is 88.3 cm³/mol. The summed E-state index contributed by atoms with van der Waals surface area (Å²) in [7, 11) is 0. The summed E-state index contributed by atoms with van der Waals surface area (Å²) >= 11 is 7.25. The number of benzene rings is 1. The van der Waals surface area contributed by atoms with Crippen LogP contribution in [0.25, 0.3) is 5.69 Å². The zero-order valence-electron chi connectivity index (χ0n) is 12.0. The van der Waals surface area contributed by atoms with Gasteiger partial charge in [-0.15, -0.1) is 11.3 Å². The number of nitriles is 1. The molecule has 120 valence electrons. The van der Waals surface area contributed by atoms with Crippen LogP contribution in [0.3, 0.4) is 0 Å². The molecule has 3 aromatic rings. The molecule has 1 N–H and O–H groups in total. The SMILES string of the molecule is N#Cc1ccsc1NC(=O)Cn1nnn(-c2ccccc2Cl)c1=O. The highest BCUT2D eigenvalue weighted by molar-refractivity contribution is 7.14. The van der Waals surface area contributed by atoms with E-state index in [1.807, 2.05) is 6.07 Å². The minimum Gasteiger partial charge on any atom is -0.315 e. The molecular formula is C14H9ClN6O2S. The summed E-state index contributed by atoms with van der Waals surface area (Å²) in [5.74, 6) is -0.484. The maximum atomic E-state index is 12.3. The lowest BCUT2D eigenvalue weighted by Crippen LogP contribution is -2.29. The second-order valence-corrected chi connectivity index (χ2v) is 5.93. The third-order valence-corrected chi connectivity index (χ3v) is 4.20. The Hall–Kier alpha value is -2.96. The molecule has 0 aliphatic heterocycles. The van der Waals surface area contributed by atoms with Crippen molar-refractivity contribution in [2.45, 2.75) is 6.54 Å². The molecule has 0 aliphatic carbocycles. The van der Waals surface area contributed by atoms with Gasteiger partial charge < -0.3 is 5.32 Å². The van der Waals surface area contributed by atoms with Gasteiger partial charge in [0.2, 0.25) is 5.91 Å². The highest BCUT2D eigenvalue weighted by atomic mass is 35.5. The molecule has 0 bridgehead atoms. The topological polar surface area (TPSA) is 106 Å². The lowest BCUT2D eigenvalue weighted by atomic mass is 10.3. The summed E-state index contributed by atoms with van der Waals surface area (Å²) in [6.45, 7) is -0.327. The normalized spacial score (nSPS) is 10.3. The molecular weight excluding hydrogens is 352 g/mol. The lowest BCUT2D eigenvalue weighted by Gasteiger charge is -2.02. The number of aromatic nitrogens is 4. The zero-order valence-corrected chi connectivity index (χ0v) is 13.6. The quantitative estimate of drug-likeness (QED) is 0.761. The summed E-state index contributed by atoms with van der Waals surface area (Å²) < 4.78 is 1.93. The van der Waals surface area contributed by atoms with E-state index in [9.17, 15) is 9.59 Å². The van der Waals surface area contributed by atoms with Crippen molar-refractivity contribution >= 4 is 33.8 Å². The Balaban J connectivity index is 1.80. The first kappa shape index (κ1) is 15.9. The van der Waals surface area contributed by atoms with Crippen LogP contribution >= 0.6 is 22.9 Å². The average Bonchev–Trinajstić information content (AvgIpc) is 3.15. The van der Waals surface area contributed by atoms with Gasteiger partial charge in [0.1, 0.15) is 17.6 Å². The number of para-hydroxylation sites is 1. The lowest BCUT2D eigenvalue weighted by molar-refractivity contribution is -0.117. The number of anilines is 1. The van der Waals surface area contributed by atoms with Gasteiger partial charge in [-0.25, -0.2) is 4.79 Å². The largest absolute Gasteiger partial charge is 0.369 e. The Bertz CT molecular complexity index is 999. The van der Waals surface area contributed by atoms with E-state index in [1.54, 1.807) is 35.7 Å². The summed E-state index contributed by atoms with van der Waals surface area (Å²) in [6, 6.07) is 10.2. The number of carbonyl (C=O) groups excluding carboxylic acids is 1. The number of hydrogen-bond acceptors (Lipinski definition) is 6. The third kappa shape index (κ3) is 3.05. The molecule has 0 fully saturated rings. The Labute approximate surface area is 144 Å². The molecule has 8 nitrogen and oxygen atoms in total. The number of hydrogen-bond donors (Lipinski definition) is 1. The first-order valence-corrected chi connectivity index (χ1v) is 7.91. The van der Waals surface area contributed by atoms with E-state index in [1.165, 1.54) is 11.3 Å². The van der Waals surface area contributed by atoms with E-state index < -0.39 is 11.6 Å². The second kappa shape index (κ2) is 6.66. The van der Waals surface area contributed by atoms with E-state index in [0.29, 0.717) is 21.3 Å². The predicted octanol–water partition coefficient (Wildman–Crippen LogP) is 1.65. The van der Waals surface area contributed by atoms with Crippen LogP contribution in [0.5, 0.6) is 0 Å². The van der Waals surface area contributed by atoms with Crippen LogP contribution < -0.4 is 11.0 Å². The van der Waals surface area contributed by atoms with Crippen molar-refractivity contribution < 1.29 is 4.79 Å². The molecule has 1 amide bonds. The fraction of sp³-hybridized carbons (Fsp3) is 0.0714.